The summed E-state index contributed by atoms with van der Waals surface area (Å²) in [4.78, 5) is 3.93. The first-order valence-electron chi connectivity index (χ1n) is 4.29. The van der Waals surface area contributed by atoms with Gasteiger partial charge in [-0.2, -0.15) is 0 Å². The number of hydrogen-bond acceptors (Lipinski definition) is 4. The number of fused-ring (bicyclic) bond motifs is 1. The topological polar surface area (TPSA) is 60.2 Å². The molecule has 0 aromatic carbocycles. The van der Waals surface area contributed by atoms with Gasteiger partial charge in [-0.1, -0.05) is 0 Å². The lowest BCUT2D eigenvalue weighted by atomic mass is 10.3. The van der Waals surface area contributed by atoms with Crippen LogP contribution >= 0.6 is 10.7 Å². The molecule has 80 valence electrons. The molecule has 0 spiro atoms. The van der Waals surface area contributed by atoms with Crippen molar-refractivity contribution in [3.05, 3.63) is 30.3 Å². The average molecular weight is 246 g/mol. The van der Waals surface area contributed by atoms with Crippen molar-refractivity contribution in [2.75, 3.05) is 5.75 Å². The molecule has 15 heavy (non-hydrogen) atoms. The molecule has 0 atom stereocenters. The lowest BCUT2D eigenvalue weighted by Gasteiger charge is -1.92. The second-order valence-electron chi connectivity index (χ2n) is 3.12. The number of hydrogen-bond donors (Lipinski definition) is 0. The van der Waals surface area contributed by atoms with Crippen LogP contribution in [0.25, 0.3) is 11.0 Å². The smallest absolute Gasteiger partial charge is 0.233 e. The molecule has 0 bridgehead atoms. The van der Waals surface area contributed by atoms with Crippen LogP contribution in [0.2, 0.25) is 0 Å². The van der Waals surface area contributed by atoms with Gasteiger partial charge in [0.25, 0.3) is 0 Å². The van der Waals surface area contributed by atoms with Gasteiger partial charge in [-0.05, 0) is 12.1 Å². The van der Waals surface area contributed by atoms with Crippen LogP contribution in [0.5, 0.6) is 0 Å². The lowest BCUT2D eigenvalue weighted by molar-refractivity contribution is 0.552. The minimum atomic E-state index is -3.46. The van der Waals surface area contributed by atoms with E-state index in [1.54, 1.807) is 24.5 Å². The fourth-order valence-corrected chi connectivity index (χ4v) is 1.96. The minimum absolute atomic E-state index is 0.123. The summed E-state index contributed by atoms with van der Waals surface area (Å²) < 4.78 is 26.9. The normalized spacial score (nSPS) is 12.1. The molecule has 0 unspecified atom stereocenters. The summed E-state index contributed by atoms with van der Waals surface area (Å²) in [6.45, 7) is 0. The Hall–Kier alpha value is -1.07. The highest BCUT2D eigenvalue weighted by molar-refractivity contribution is 8.13. The Morgan fingerprint density at radius 2 is 2.27 bits per heavy atom. The van der Waals surface area contributed by atoms with Crippen LogP contribution in [-0.2, 0) is 15.5 Å². The fourth-order valence-electron chi connectivity index (χ4n) is 1.29. The highest BCUT2D eigenvalue weighted by Crippen LogP contribution is 2.18. The van der Waals surface area contributed by atoms with E-state index in [-0.39, 0.29) is 12.2 Å². The third-order valence-corrected chi connectivity index (χ3v) is 3.11. The number of rotatable bonds is 3. The van der Waals surface area contributed by atoms with Crippen molar-refractivity contribution in [1.29, 1.82) is 0 Å². The Kier molecular flexibility index (Phi) is 2.67. The Morgan fingerprint density at radius 3 is 2.93 bits per heavy atom. The fraction of sp³-hybridized carbons (Fsp3) is 0.222. The number of halogens is 1. The summed E-state index contributed by atoms with van der Waals surface area (Å²) in [7, 11) is 1.64. The lowest BCUT2D eigenvalue weighted by Crippen LogP contribution is -1.99. The first kappa shape index (κ1) is 10.4. The summed E-state index contributed by atoms with van der Waals surface area (Å²) in [6, 6.07) is 3.50. The Labute approximate surface area is 91.3 Å². The van der Waals surface area contributed by atoms with Gasteiger partial charge in [0.05, 0.1) is 5.75 Å². The molecule has 0 aliphatic carbocycles. The average Bonchev–Trinajstić information content (AvgIpc) is 2.56. The van der Waals surface area contributed by atoms with E-state index in [2.05, 4.69) is 4.98 Å². The van der Waals surface area contributed by atoms with Crippen LogP contribution in [0.4, 0.5) is 0 Å². The van der Waals surface area contributed by atoms with Crippen LogP contribution in [0.3, 0.4) is 0 Å². The van der Waals surface area contributed by atoms with Crippen LogP contribution < -0.4 is 0 Å². The third-order valence-electron chi connectivity index (χ3n) is 1.96. The van der Waals surface area contributed by atoms with E-state index in [0.717, 1.165) is 5.39 Å². The van der Waals surface area contributed by atoms with Crippen molar-refractivity contribution in [3.63, 3.8) is 0 Å². The predicted octanol–water partition coefficient (Wildman–Crippen LogP) is 1.94. The van der Waals surface area contributed by atoms with Gasteiger partial charge in [0, 0.05) is 34.9 Å². The largest absolute Gasteiger partial charge is 0.461 e. The Balaban J connectivity index is 2.23. The molecule has 0 saturated carbocycles. The van der Waals surface area contributed by atoms with Gasteiger partial charge in [0.1, 0.15) is 11.3 Å². The molecular weight excluding hydrogens is 238 g/mol. The molecule has 0 N–H and O–H groups in total. The molecule has 2 aromatic rings. The van der Waals surface area contributed by atoms with Crippen molar-refractivity contribution < 1.29 is 12.8 Å². The highest BCUT2D eigenvalue weighted by Gasteiger charge is 2.09. The van der Waals surface area contributed by atoms with E-state index < -0.39 is 9.05 Å². The predicted molar refractivity (Wildman–Crippen MR) is 57.4 cm³/mol. The number of aryl methyl sites for hydroxylation is 1. The second-order valence-corrected chi connectivity index (χ2v) is 6.02. The molecule has 0 radical (unpaired) electrons. The number of pyridine rings is 1. The summed E-state index contributed by atoms with van der Waals surface area (Å²) in [6.07, 6.45) is 3.56. The maximum absolute atomic E-state index is 10.7. The van der Waals surface area contributed by atoms with Gasteiger partial charge in [0.2, 0.25) is 9.05 Å². The molecular formula is C9H8ClNO3S. The molecule has 2 aromatic heterocycles. The maximum Gasteiger partial charge on any atom is 0.233 e. The summed E-state index contributed by atoms with van der Waals surface area (Å²) in [5, 5.41) is 0.861. The van der Waals surface area contributed by atoms with E-state index in [9.17, 15) is 8.42 Å². The molecule has 0 amide bonds. The van der Waals surface area contributed by atoms with Gasteiger partial charge in [-0.25, -0.2) is 8.42 Å². The molecule has 6 heteroatoms. The van der Waals surface area contributed by atoms with E-state index >= 15 is 0 Å². The van der Waals surface area contributed by atoms with Crippen molar-refractivity contribution in [1.82, 2.24) is 4.98 Å². The standard InChI is InChI=1S/C9H8ClNO3S/c10-15(12,13)4-2-8-5-7-6-11-3-1-9(7)14-8/h1,3,5-6H,2,4H2. The van der Waals surface area contributed by atoms with E-state index in [1.807, 2.05) is 0 Å². The molecule has 0 fully saturated rings. The van der Waals surface area contributed by atoms with Crippen molar-refractivity contribution in [2.24, 2.45) is 0 Å². The van der Waals surface area contributed by atoms with Crippen molar-refractivity contribution in [2.45, 2.75) is 6.42 Å². The van der Waals surface area contributed by atoms with Gasteiger partial charge >= 0.3 is 0 Å². The van der Waals surface area contributed by atoms with Crippen LogP contribution in [0, 0.1) is 0 Å². The summed E-state index contributed by atoms with van der Waals surface area (Å²) in [5.41, 5.74) is 0.701. The SMILES string of the molecule is O=S(=O)(Cl)CCc1cc2cnccc2o1. The Morgan fingerprint density at radius 1 is 1.47 bits per heavy atom. The zero-order valence-electron chi connectivity index (χ0n) is 7.68. The third kappa shape index (κ3) is 2.70. The quantitative estimate of drug-likeness (QED) is 0.776. The minimum Gasteiger partial charge on any atom is -0.461 e. The number of nitrogens with zero attached hydrogens (tertiary/aromatic N) is 1. The first-order valence-corrected chi connectivity index (χ1v) is 6.77. The molecule has 0 saturated heterocycles. The molecule has 4 nitrogen and oxygen atoms in total. The maximum atomic E-state index is 10.7. The molecule has 2 rings (SSSR count). The molecule has 0 aliphatic heterocycles. The van der Waals surface area contributed by atoms with Crippen LogP contribution in [0.1, 0.15) is 5.76 Å². The second kappa shape index (κ2) is 3.83. The van der Waals surface area contributed by atoms with E-state index in [1.165, 1.54) is 0 Å². The van der Waals surface area contributed by atoms with Gasteiger partial charge in [-0.3, -0.25) is 4.98 Å². The Bertz CT molecular complexity index is 543. The number of furan rings is 1. The van der Waals surface area contributed by atoms with Gasteiger partial charge in [0.15, 0.2) is 0 Å². The van der Waals surface area contributed by atoms with Crippen molar-refractivity contribution in [3.8, 4) is 0 Å². The molecule has 0 aliphatic rings. The van der Waals surface area contributed by atoms with E-state index in [4.69, 9.17) is 15.1 Å². The van der Waals surface area contributed by atoms with Crippen LogP contribution in [-0.4, -0.2) is 19.2 Å². The molecule has 2 heterocycles. The zero-order valence-corrected chi connectivity index (χ0v) is 9.25. The van der Waals surface area contributed by atoms with Crippen molar-refractivity contribution >= 4 is 30.7 Å². The number of aromatic nitrogens is 1. The zero-order chi connectivity index (χ0) is 10.9. The van der Waals surface area contributed by atoms with Crippen LogP contribution in [0.15, 0.2) is 28.9 Å². The first-order chi connectivity index (χ1) is 7.04. The van der Waals surface area contributed by atoms with E-state index in [0.29, 0.717) is 11.3 Å². The monoisotopic (exact) mass is 245 g/mol. The summed E-state index contributed by atoms with van der Waals surface area (Å²) >= 11 is 0. The summed E-state index contributed by atoms with van der Waals surface area (Å²) in [5.74, 6) is 0.476. The van der Waals surface area contributed by atoms with Gasteiger partial charge < -0.3 is 4.42 Å². The van der Waals surface area contributed by atoms with Gasteiger partial charge in [-0.15, -0.1) is 0 Å². The highest BCUT2D eigenvalue weighted by atomic mass is 35.7.